The van der Waals surface area contributed by atoms with Crippen molar-refractivity contribution in [2.45, 2.75) is 19.5 Å². The molecular weight excluding hydrogens is 232 g/mol. The number of hydrogen-bond acceptors (Lipinski definition) is 3. The molecular formula is C13H18N2O3. The molecule has 98 valence electrons. The first-order valence-electron chi connectivity index (χ1n) is 5.71. The Morgan fingerprint density at radius 2 is 1.94 bits per heavy atom. The molecule has 5 nitrogen and oxygen atoms in total. The number of ether oxygens (including phenoxy) is 1. The van der Waals surface area contributed by atoms with Gasteiger partial charge in [-0.3, -0.25) is 9.59 Å². The molecule has 0 radical (unpaired) electrons. The van der Waals surface area contributed by atoms with E-state index in [4.69, 9.17) is 4.74 Å². The topological polar surface area (TPSA) is 67.4 Å². The molecule has 0 aliphatic carbocycles. The van der Waals surface area contributed by atoms with E-state index in [9.17, 15) is 9.59 Å². The fourth-order valence-electron chi connectivity index (χ4n) is 1.50. The third kappa shape index (κ3) is 4.97. The Morgan fingerprint density at radius 3 is 2.50 bits per heavy atom. The Balaban J connectivity index is 2.48. The Kier molecular flexibility index (Phi) is 5.87. The van der Waals surface area contributed by atoms with E-state index in [1.54, 1.807) is 0 Å². The van der Waals surface area contributed by atoms with Gasteiger partial charge in [-0.05, 0) is 5.56 Å². The molecule has 0 bridgehead atoms. The maximum Gasteiger partial charge on any atom is 0.245 e. The Bertz CT molecular complexity index is 392. The molecule has 0 saturated heterocycles. The molecule has 0 heterocycles. The summed E-state index contributed by atoms with van der Waals surface area (Å²) in [5, 5.41) is 5.30. The zero-order valence-corrected chi connectivity index (χ0v) is 10.6. The van der Waals surface area contributed by atoms with Crippen LogP contribution in [0.2, 0.25) is 0 Å². The normalized spacial score (nSPS) is 11.7. The lowest BCUT2D eigenvalue weighted by atomic mass is 10.2. The number of nitrogens with one attached hydrogen (secondary N) is 2. The fourth-order valence-corrected chi connectivity index (χ4v) is 1.50. The lowest BCUT2D eigenvalue weighted by molar-refractivity contribution is -0.129. The maximum absolute atomic E-state index is 11.8. The van der Waals surface area contributed by atoms with Crippen molar-refractivity contribution in [3.63, 3.8) is 0 Å². The first-order chi connectivity index (χ1) is 8.63. The second kappa shape index (κ2) is 7.45. The van der Waals surface area contributed by atoms with Gasteiger partial charge in [0.2, 0.25) is 11.8 Å². The zero-order valence-electron chi connectivity index (χ0n) is 10.6. The van der Waals surface area contributed by atoms with Gasteiger partial charge < -0.3 is 15.4 Å². The summed E-state index contributed by atoms with van der Waals surface area (Å²) >= 11 is 0. The van der Waals surface area contributed by atoms with Gasteiger partial charge in [0.1, 0.15) is 6.04 Å². The number of carbonyl (C=O) groups is 2. The second-order valence-electron chi connectivity index (χ2n) is 3.91. The van der Waals surface area contributed by atoms with Crippen LogP contribution in [0.5, 0.6) is 0 Å². The third-order valence-corrected chi connectivity index (χ3v) is 2.34. The molecule has 0 aliphatic rings. The number of methoxy groups -OCH3 is 1. The molecule has 0 aromatic heterocycles. The standard InChI is InChI=1S/C13H18N2O3/c1-10(16)15-12(9-18-2)13(17)14-8-11-6-4-3-5-7-11/h3-7,12H,8-9H2,1-2H3,(H,14,17)(H,15,16)/t12-/m0/s1. The molecule has 1 atom stereocenters. The number of amides is 2. The highest BCUT2D eigenvalue weighted by Gasteiger charge is 2.18. The molecule has 0 spiro atoms. The monoisotopic (exact) mass is 250 g/mol. The van der Waals surface area contributed by atoms with Crippen molar-refractivity contribution >= 4 is 11.8 Å². The summed E-state index contributed by atoms with van der Waals surface area (Å²) in [4.78, 5) is 22.8. The van der Waals surface area contributed by atoms with E-state index in [1.807, 2.05) is 30.3 Å². The second-order valence-corrected chi connectivity index (χ2v) is 3.91. The highest BCUT2D eigenvalue weighted by Crippen LogP contribution is 1.97. The van der Waals surface area contributed by atoms with Crippen LogP contribution in [0.1, 0.15) is 12.5 Å². The van der Waals surface area contributed by atoms with Gasteiger partial charge in [-0.1, -0.05) is 30.3 Å². The number of benzene rings is 1. The van der Waals surface area contributed by atoms with E-state index in [-0.39, 0.29) is 18.4 Å². The lowest BCUT2D eigenvalue weighted by Gasteiger charge is -2.16. The van der Waals surface area contributed by atoms with Crippen LogP contribution < -0.4 is 10.6 Å². The van der Waals surface area contributed by atoms with Crippen LogP contribution in [-0.4, -0.2) is 31.6 Å². The Hall–Kier alpha value is -1.88. The number of carbonyl (C=O) groups excluding carboxylic acids is 2. The third-order valence-electron chi connectivity index (χ3n) is 2.34. The van der Waals surface area contributed by atoms with Gasteiger partial charge in [0, 0.05) is 20.6 Å². The lowest BCUT2D eigenvalue weighted by Crippen LogP contribution is -2.48. The van der Waals surface area contributed by atoms with Crippen molar-refractivity contribution in [1.29, 1.82) is 0 Å². The van der Waals surface area contributed by atoms with E-state index in [0.717, 1.165) is 5.56 Å². The van der Waals surface area contributed by atoms with Gasteiger partial charge in [-0.2, -0.15) is 0 Å². The van der Waals surface area contributed by atoms with E-state index in [1.165, 1.54) is 14.0 Å². The average Bonchev–Trinajstić information content (AvgIpc) is 2.36. The molecule has 0 unspecified atom stereocenters. The smallest absolute Gasteiger partial charge is 0.245 e. The predicted octanol–water partition coefficient (Wildman–Crippen LogP) is 0.454. The van der Waals surface area contributed by atoms with Crippen LogP contribution in [0.25, 0.3) is 0 Å². The number of hydrogen-bond donors (Lipinski definition) is 2. The molecule has 18 heavy (non-hydrogen) atoms. The molecule has 0 fully saturated rings. The first-order valence-corrected chi connectivity index (χ1v) is 5.71. The molecule has 2 N–H and O–H groups in total. The molecule has 1 rings (SSSR count). The Morgan fingerprint density at radius 1 is 1.28 bits per heavy atom. The average molecular weight is 250 g/mol. The fraction of sp³-hybridized carbons (Fsp3) is 0.385. The highest BCUT2D eigenvalue weighted by molar-refractivity contribution is 5.86. The molecule has 1 aromatic carbocycles. The zero-order chi connectivity index (χ0) is 13.4. The SMILES string of the molecule is COC[C@H](NC(C)=O)C(=O)NCc1ccccc1. The quantitative estimate of drug-likeness (QED) is 0.770. The van der Waals surface area contributed by atoms with Crippen molar-refractivity contribution in [1.82, 2.24) is 10.6 Å². The van der Waals surface area contributed by atoms with E-state index < -0.39 is 6.04 Å². The van der Waals surface area contributed by atoms with Gasteiger partial charge in [0.25, 0.3) is 0 Å². The van der Waals surface area contributed by atoms with Crippen LogP contribution in [0, 0.1) is 0 Å². The van der Waals surface area contributed by atoms with Gasteiger partial charge in [0.15, 0.2) is 0 Å². The molecule has 0 aliphatic heterocycles. The van der Waals surface area contributed by atoms with Crippen LogP contribution in [0.4, 0.5) is 0 Å². The van der Waals surface area contributed by atoms with E-state index in [0.29, 0.717) is 6.54 Å². The predicted molar refractivity (Wildman–Crippen MR) is 67.8 cm³/mol. The molecule has 0 saturated carbocycles. The van der Waals surface area contributed by atoms with Gasteiger partial charge in [-0.15, -0.1) is 0 Å². The van der Waals surface area contributed by atoms with Crippen molar-refractivity contribution < 1.29 is 14.3 Å². The van der Waals surface area contributed by atoms with E-state index in [2.05, 4.69) is 10.6 Å². The molecule has 2 amide bonds. The van der Waals surface area contributed by atoms with Gasteiger partial charge >= 0.3 is 0 Å². The van der Waals surface area contributed by atoms with Gasteiger partial charge in [-0.25, -0.2) is 0 Å². The van der Waals surface area contributed by atoms with E-state index >= 15 is 0 Å². The van der Waals surface area contributed by atoms with Crippen molar-refractivity contribution in [3.8, 4) is 0 Å². The summed E-state index contributed by atoms with van der Waals surface area (Å²) in [5.41, 5.74) is 1.00. The molecule has 5 heteroatoms. The Labute approximate surface area is 107 Å². The largest absolute Gasteiger partial charge is 0.382 e. The summed E-state index contributed by atoms with van der Waals surface area (Å²) < 4.78 is 4.90. The molecule has 1 aromatic rings. The van der Waals surface area contributed by atoms with Crippen molar-refractivity contribution in [3.05, 3.63) is 35.9 Å². The summed E-state index contributed by atoms with van der Waals surface area (Å²) in [6.07, 6.45) is 0. The number of rotatable bonds is 6. The maximum atomic E-state index is 11.8. The van der Waals surface area contributed by atoms with Gasteiger partial charge in [0.05, 0.1) is 6.61 Å². The van der Waals surface area contributed by atoms with Crippen LogP contribution in [-0.2, 0) is 20.9 Å². The van der Waals surface area contributed by atoms with Crippen LogP contribution in [0.3, 0.4) is 0 Å². The summed E-state index contributed by atoms with van der Waals surface area (Å²) in [6, 6.07) is 8.91. The van der Waals surface area contributed by atoms with Crippen LogP contribution >= 0.6 is 0 Å². The summed E-state index contributed by atoms with van der Waals surface area (Å²) in [5.74, 6) is -0.511. The summed E-state index contributed by atoms with van der Waals surface area (Å²) in [6.45, 7) is 1.95. The van der Waals surface area contributed by atoms with Crippen LogP contribution in [0.15, 0.2) is 30.3 Å². The van der Waals surface area contributed by atoms with Crippen molar-refractivity contribution in [2.75, 3.05) is 13.7 Å². The highest BCUT2D eigenvalue weighted by atomic mass is 16.5. The summed E-state index contributed by atoms with van der Waals surface area (Å²) in [7, 11) is 1.49. The minimum atomic E-state index is -0.656. The van der Waals surface area contributed by atoms with Crippen molar-refractivity contribution in [2.24, 2.45) is 0 Å². The minimum Gasteiger partial charge on any atom is -0.382 e. The minimum absolute atomic E-state index is 0.153. The first kappa shape index (κ1) is 14.2.